The minimum Gasteiger partial charge on any atom is -0.480 e. The van der Waals surface area contributed by atoms with E-state index in [-0.39, 0.29) is 35.4 Å². The van der Waals surface area contributed by atoms with Gasteiger partial charge in [0.05, 0.1) is 12.8 Å². The van der Waals surface area contributed by atoms with E-state index in [2.05, 4.69) is 27.0 Å². The number of rotatable bonds is 5. The van der Waals surface area contributed by atoms with Gasteiger partial charge in [0.25, 0.3) is 0 Å². The van der Waals surface area contributed by atoms with Crippen LogP contribution in [0.2, 0.25) is 0 Å². The molecule has 1 aromatic rings. The van der Waals surface area contributed by atoms with Gasteiger partial charge in [-0.1, -0.05) is 12.1 Å². The highest BCUT2D eigenvalue weighted by atomic mass is 35.5. The molecule has 11 heteroatoms. The number of piperidine rings is 1. The first-order chi connectivity index (χ1) is 12.2. The van der Waals surface area contributed by atoms with Crippen molar-refractivity contribution < 1.29 is 26.3 Å². The molecule has 0 amide bonds. The van der Waals surface area contributed by atoms with E-state index in [9.17, 15) is 4.79 Å². The zero-order valence-electron chi connectivity index (χ0n) is 16.5. The molecule has 0 bridgehead atoms. The largest absolute Gasteiger partial charge is 0.480 e. The normalized spacial score (nSPS) is 18.1. The Labute approximate surface area is 177 Å². The van der Waals surface area contributed by atoms with Crippen LogP contribution in [0.3, 0.4) is 0 Å². The van der Waals surface area contributed by atoms with Crippen LogP contribution in [-0.4, -0.2) is 95.4 Å². The highest BCUT2D eigenvalue weighted by molar-refractivity contribution is 5.85. The average molecular weight is 436 g/mol. The molecule has 2 heterocycles. The number of halogens is 1. The van der Waals surface area contributed by atoms with E-state index in [1.165, 1.54) is 5.69 Å². The van der Waals surface area contributed by atoms with Gasteiger partial charge >= 0.3 is 5.97 Å². The van der Waals surface area contributed by atoms with Gasteiger partial charge in [-0.3, -0.25) is 14.6 Å². The second kappa shape index (κ2) is 14.1. The highest BCUT2D eigenvalue weighted by Crippen LogP contribution is 2.21. The Kier molecular flexibility index (Phi) is 14.2. The monoisotopic (exact) mass is 435 g/mol. The van der Waals surface area contributed by atoms with Crippen molar-refractivity contribution in [3.63, 3.8) is 0 Å². The first-order valence-corrected chi connectivity index (χ1v) is 8.92. The number of carboxylic acids is 1. The maximum Gasteiger partial charge on any atom is 0.317 e. The van der Waals surface area contributed by atoms with Crippen LogP contribution in [-0.2, 0) is 4.79 Å². The summed E-state index contributed by atoms with van der Waals surface area (Å²) < 4.78 is 0. The number of hydrogen-bond acceptors (Lipinski definition) is 6. The summed E-state index contributed by atoms with van der Waals surface area (Å²) in [7, 11) is 0. The van der Waals surface area contributed by atoms with E-state index in [0.717, 1.165) is 57.7 Å². The maximum absolute atomic E-state index is 10.8. The SMILES string of the molecule is Cl.NN=Cc1ccc(N2CCN(C3CCN(CC(=O)O)CC3)CC2)cc1.O.O.O. The molecule has 2 aliphatic rings. The number of likely N-dealkylation sites (tertiary alicyclic amines) is 1. The predicted molar refractivity (Wildman–Crippen MR) is 117 cm³/mol. The number of benzene rings is 1. The van der Waals surface area contributed by atoms with Gasteiger partial charge in [0.15, 0.2) is 0 Å². The van der Waals surface area contributed by atoms with E-state index < -0.39 is 5.97 Å². The van der Waals surface area contributed by atoms with Crippen LogP contribution in [0, 0.1) is 0 Å². The standard InChI is InChI=1S/C18H27N5O2.ClH.3H2O/c19-20-13-15-1-3-16(4-2-15)22-9-11-23(12-10-22)17-5-7-21(8-6-17)14-18(24)25;;;;/h1-4,13,17H,5-12,14,19H2,(H,24,25);1H;3*1H2. The van der Waals surface area contributed by atoms with Crippen molar-refractivity contribution in [3.8, 4) is 0 Å². The summed E-state index contributed by atoms with van der Waals surface area (Å²) in [5, 5.41) is 12.4. The maximum atomic E-state index is 10.8. The summed E-state index contributed by atoms with van der Waals surface area (Å²) in [5.41, 5.74) is 2.25. The summed E-state index contributed by atoms with van der Waals surface area (Å²) in [4.78, 5) is 17.8. The van der Waals surface area contributed by atoms with Crippen LogP contribution in [0.25, 0.3) is 0 Å². The lowest BCUT2D eigenvalue weighted by Gasteiger charge is -2.43. The van der Waals surface area contributed by atoms with Crippen LogP contribution in [0.1, 0.15) is 18.4 Å². The van der Waals surface area contributed by atoms with Crippen molar-refractivity contribution in [3.05, 3.63) is 29.8 Å². The minimum absolute atomic E-state index is 0. The van der Waals surface area contributed by atoms with Gasteiger partial charge in [-0.05, 0) is 30.5 Å². The van der Waals surface area contributed by atoms with Crippen LogP contribution >= 0.6 is 12.4 Å². The molecule has 0 spiro atoms. The molecule has 0 aliphatic carbocycles. The Morgan fingerprint density at radius 2 is 1.59 bits per heavy atom. The molecule has 2 saturated heterocycles. The fourth-order valence-electron chi connectivity index (χ4n) is 3.84. The third kappa shape index (κ3) is 8.13. The van der Waals surface area contributed by atoms with Gasteiger partial charge in [-0.25, -0.2) is 0 Å². The van der Waals surface area contributed by atoms with Gasteiger partial charge in [0.2, 0.25) is 0 Å². The second-order valence-corrected chi connectivity index (χ2v) is 6.79. The van der Waals surface area contributed by atoms with E-state index in [0.29, 0.717) is 6.04 Å². The predicted octanol–water partition coefficient (Wildman–Crippen LogP) is -1.40. The first kappa shape index (κ1) is 29.3. The number of aliphatic carboxylic acids is 1. The van der Waals surface area contributed by atoms with Gasteiger partial charge in [-0.15, -0.1) is 12.4 Å². The topological polar surface area (TPSA) is 180 Å². The van der Waals surface area contributed by atoms with E-state index in [4.69, 9.17) is 10.9 Å². The molecule has 0 aromatic heterocycles. The molecule has 9 N–H and O–H groups in total. The van der Waals surface area contributed by atoms with Gasteiger partial charge < -0.3 is 32.3 Å². The molecule has 2 aliphatic heterocycles. The minimum atomic E-state index is -0.726. The van der Waals surface area contributed by atoms with E-state index >= 15 is 0 Å². The summed E-state index contributed by atoms with van der Waals surface area (Å²) in [6.07, 6.45) is 3.79. The average Bonchev–Trinajstić information content (AvgIpc) is 2.63. The fourth-order valence-corrected chi connectivity index (χ4v) is 3.84. The van der Waals surface area contributed by atoms with Crippen molar-refractivity contribution in [2.45, 2.75) is 18.9 Å². The van der Waals surface area contributed by atoms with Gasteiger partial charge in [0.1, 0.15) is 0 Å². The fraction of sp³-hybridized carbons (Fsp3) is 0.556. The smallest absolute Gasteiger partial charge is 0.317 e. The molecular formula is C18H34ClN5O5. The number of anilines is 1. The molecule has 0 atom stereocenters. The molecule has 168 valence electrons. The number of nitrogens with two attached hydrogens (primary N) is 1. The van der Waals surface area contributed by atoms with Crippen molar-refractivity contribution in [1.29, 1.82) is 0 Å². The Hall–Kier alpha value is -1.95. The van der Waals surface area contributed by atoms with E-state index in [1.807, 2.05) is 17.0 Å². The van der Waals surface area contributed by atoms with Crippen LogP contribution < -0.4 is 10.7 Å². The number of nitrogens with zero attached hydrogens (tertiary/aromatic N) is 4. The quantitative estimate of drug-likeness (QED) is 0.325. The Balaban J connectivity index is 0. The Morgan fingerprint density at radius 1 is 1.03 bits per heavy atom. The molecule has 0 radical (unpaired) electrons. The number of carbonyl (C=O) groups is 1. The van der Waals surface area contributed by atoms with E-state index in [1.54, 1.807) is 6.21 Å². The second-order valence-electron chi connectivity index (χ2n) is 6.79. The van der Waals surface area contributed by atoms with Gasteiger partial charge in [-0.2, -0.15) is 5.10 Å². The number of hydrogen-bond donors (Lipinski definition) is 2. The van der Waals surface area contributed by atoms with Crippen molar-refractivity contribution in [2.75, 3.05) is 50.7 Å². The van der Waals surface area contributed by atoms with Crippen molar-refractivity contribution >= 4 is 30.3 Å². The lowest BCUT2D eigenvalue weighted by molar-refractivity contribution is -0.138. The summed E-state index contributed by atoms with van der Waals surface area (Å²) in [6, 6.07) is 8.91. The summed E-state index contributed by atoms with van der Waals surface area (Å²) in [6.45, 7) is 6.14. The lowest BCUT2D eigenvalue weighted by atomic mass is 10.0. The molecule has 29 heavy (non-hydrogen) atoms. The number of hydrazone groups is 1. The molecule has 1 aromatic carbocycles. The molecule has 3 rings (SSSR count). The molecule has 2 fully saturated rings. The summed E-state index contributed by atoms with van der Waals surface area (Å²) in [5.74, 6) is 4.46. The molecule has 10 nitrogen and oxygen atoms in total. The number of carboxylic acid groups (broad SMARTS) is 1. The zero-order chi connectivity index (χ0) is 17.6. The van der Waals surface area contributed by atoms with Crippen molar-refractivity contribution in [2.24, 2.45) is 10.9 Å². The number of piperazine rings is 1. The van der Waals surface area contributed by atoms with Crippen LogP contribution in [0.5, 0.6) is 0 Å². The third-order valence-electron chi connectivity index (χ3n) is 5.23. The molecule has 0 unspecified atom stereocenters. The first-order valence-electron chi connectivity index (χ1n) is 8.92. The third-order valence-corrected chi connectivity index (χ3v) is 5.23. The van der Waals surface area contributed by atoms with Crippen LogP contribution in [0.15, 0.2) is 29.4 Å². The Bertz CT molecular complexity index is 603. The lowest BCUT2D eigenvalue weighted by Crippen LogP contribution is -2.53. The Morgan fingerprint density at radius 3 is 2.07 bits per heavy atom. The van der Waals surface area contributed by atoms with Crippen LogP contribution in [0.4, 0.5) is 5.69 Å². The zero-order valence-corrected chi connectivity index (χ0v) is 17.3. The summed E-state index contributed by atoms with van der Waals surface area (Å²) >= 11 is 0. The van der Waals surface area contributed by atoms with Gasteiger partial charge in [0, 0.05) is 51.0 Å². The molecule has 0 saturated carbocycles. The van der Waals surface area contributed by atoms with Crippen molar-refractivity contribution in [1.82, 2.24) is 9.80 Å². The highest BCUT2D eigenvalue weighted by Gasteiger charge is 2.28. The molecular weight excluding hydrogens is 402 g/mol.